The largest absolute Gasteiger partial charge is 0.387 e. The highest BCUT2D eigenvalue weighted by atomic mass is 32.1. The second-order valence-corrected chi connectivity index (χ2v) is 7.54. The van der Waals surface area contributed by atoms with Gasteiger partial charge in [0.05, 0.1) is 17.7 Å². The SMILES string of the molecule is CC(=O)NC1CCN(CC2(O)CCN(C(=O)c3cscn3)C2)CC1. The quantitative estimate of drug-likeness (QED) is 0.815. The maximum absolute atomic E-state index is 12.3. The smallest absolute Gasteiger partial charge is 0.273 e. The lowest BCUT2D eigenvalue weighted by Crippen LogP contribution is -2.50. The Bertz CT molecular complexity index is 586. The number of hydrogen-bond donors (Lipinski definition) is 2. The van der Waals surface area contributed by atoms with Crippen LogP contribution in [0.25, 0.3) is 0 Å². The lowest BCUT2D eigenvalue weighted by molar-refractivity contribution is -0.120. The van der Waals surface area contributed by atoms with Gasteiger partial charge in [-0.25, -0.2) is 4.98 Å². The van der Waals surface area contributed by atoms with Gasteiger partial charge in [0.2, 0.25) is 5.91 Å². The van der Waals surface area contributed by atoms with Crippen molar-refractivity contribution in [3.05, 3.63) is 16.6 Å². The first-order chi connectivity index (χ1) is 11.5. The molecule has 7 nitrogen and oxygen atoms in total. The minimum atomic E-state index is -0.855. The van der Waals surface area contributed by atoms with Crippen molar-refractivity contribution in [3.8, 4) is 0 Å². The van der Waals surface area contributed by atoms with Crippen LogP contribution in [-0.4, -0.2) is 76.1 Å². The van der Waals surface area contributed by atoms with E-state index in [1.54, 1.807) is 22.7 Å². The maximum Gasteiger partial charge on any atom is 0.273 e. The molecule has 1 atom stereocenters. The molecule has 132 valence electrons. The summed E-state index contributed by atoms with van der Waals surface area (Å²) >= 11 is 1.40. The normalized spacial score (nSPS) is 25.8. The van der Waals surface area contributed by atoms with E-state index in [1.165, 1.54) is 11.3 Å². The molecule has 2 fully saturated rings. The van der Waals surface area contributed by atoms with Crippen molar-refractivity contribution in [3.63, 3.8) is 0 Å². The van der Waals surface area contributed by atoms with E-state index in [9.17, 15) is 14.7 Å². The Morgan fingerprint density at radius 2 is 2.17 bits per heavy atom. The van der Waals surface area contributed by atoms with E-state index in [0.717, 1.165) is 25.9 Å². The second kappa shape index (κ2) is 7.16. The summed E-state index contributed by atoms with van der Waals surface area (Å²) in [7, 11) is 0. The number of thiazole rings is 1. The zero-order valence-corrected chi connectivity index (χ0v) is 14.7. The average Bonchev–Trinajstić information content (AvgIpc) is 3.18. The molecule has 0 aromatic carbocycles. The lowest BCUT2D eigenvalue weighted by atomic mass is 9.99. The first-order valence-electron chi connectivity index (χ1n) is 8.34. The summed E-state index contributed by atoms with van der Waals surface area (Å²) < 4.78 is 0. The number of likely N-dealkylation sites (tertiary alicyclic amines) is 2. The minimum absolute atomic E-state index is 0.0130. The van der Waals surface area contributed by atoms with Gasteiger partial charge in [-0.1, -0.05) is 0 Å². The third-order valence-electron chi connectivity index (χ3n) is 4.78. The topological polar surface area (TPSA) is 85.8 Å². The molecule has 1 aromatic heterocycles. The van der Waals surface area contributed by atoms with Crippen LogP contribution in [0.1, 0.15) is 36.7 Å². The van der Waals surface area contributed by atoms with Crippen molar-refractivity contribution in [1.82, 2.24) is 20.1 Å². The van der Waals surface area contributed by atoms with E-state index in [4.69, 9.17) is 0 Å². The first kappa shape index (κ1) is 17.3. The molecular weight excluding hydrogens is 328 g/mol. The molecule has 2 aliphatic rings. The van der Waals surface area contributed by atoms with Crippen LogP contribution in [-0.2, 0) is 4.79 Å². The van der Waals surface area contributed by atoms with Crippen LogP contribution in [0.15, 0.2) is 10.9 Å². The number of piperidine rings is 1. The summed E-state index contributed by atoms with van der Waals surface area (Å²) in [5.74, 6) is -0.0874. The summed E-state index contributed by atoms with van der Waals surface area (Å²) in [4.78, 5) is 31.4. The van der Waals surface area contributed by atoms with Crippen molar-refractivity contribution in [2.45, 2.75) is 37.8 Å². The van der Waals surface area contributed by atoms with Crippen LogP contribution >= 0.6 is 11.3 Å². The second-order valence-electron chi connectivity index (χ2n) is 6.83. The van der Waals surface area contributed by atoms with Gasteiger partial charge < -0.3 is 20.2 Å². The third kappa shape index (κ3) is 4.12. The number of carbonyl (C=O) groups excluding carboxylic acids is 2. The molecule has 0 spiro atoms. The van der Waals surface area contributed by atoms with Gasteiger partial charge in [-0.3, -0.25) is 9.59 Å². The standard InChI is InChI=1S/C16H24N4O3S/c1-12(21)18-13-2-5-19(6-3-13)9-16(23)4-7-20(10-16)15(22)14-8-24-11-17-14/h8,11,13,23H,2-7,9-10H2,1H3,(H,18,21). The van der Waals surface area contributed by atoms with Gasteiger partial charge in [0.15, 0.2) is 0 Å². The van der Waals surface area contributed by atoms with E-state index in [0.29, 0.717) is 31.7 Å². The van der Waals surface area contributed by atoms with Crippen LogP contribution in [0, 0.1) is 0 Å². The number of aromatic nitrogens is 1. The molecule has 0 saturated carbocycles. The number of hydrogen-bond acceptors (Lipinski definition) is 6. The van der Waals surface area contributed by atoms with Crippen LogP contribution in [0.3, 0.4) is 0 Å². The summed E-state index contributed by atoms with van der Waals surface area (Å²) in [6.45, 7) is 4.74. The maximum atomic E-state index is 12.3. The van der Waals surface area contributed by atoms with E-state index < -0.39 is 5.60 Å². The van der Waals surface area contributed by atoms with Crippen LogP contribution < -0.4 is 5.32 Å². The summed E-state index contributed by atoms with van der Waals surface area (Å²) in [6, 6.07) is 0.236. The number of carbonyl (C=O) groups is 2. The molecule has 2 aliphatic heterocycles. The predicted octanol–water partition coefficient (Wildman–Crippen LogP) is 0.321. The molecule has 0 radical (unpaired) electrons. The number of amides is 2. The highest BCUT2D eigenvalue weighted by Crippen LogP contribution is 2.25. The summed E-state index contributed by atoms with van der Waals surface area (Å²) in [5, 5.41) is 15.5. The molecule has 1 unspecified atom stereocenters. The molecule has 1 aromatic rings. The number of rotatable bonds is 4. The number of β-amino-alcohol motifs (C(OH)–C–C–N with tert-alkyl or cyclic N) is 1. The Hall–Kier alpha value is -1.51. The highest BCUT2D eigenvalue weighted by Gasteiger charge is 2.40. The lowest BCUT2D eigenvalue weighted by Gasteiger charge is -2.36. The summed E-state index contributed by atoms with van der Waals surface area (Å²) in [5.41, 5.74) is 1.25. The number of aliphatic hydroxyl groups is 1. The zero-order chi connectivity index (χ0) is 17.2. The average molecular weight is 352 g/mol. The Morgan fingerprint density at radius 3 is 2.79 bits per heavy atom. The van der Waals surface area contributed by atoms with Crippen LogP contribution in [0.4, 0.5) is 0 Å². The van der Waals surface area contributed by atoms with Crippen molar-refractivity contribution in [2.75, 3.05) is 32.7 Å². The van der Waals surface area contributed by atoms with Crippen LogP contribution in [0.5, 0.6) is 0 Å². The van der Waals surface area contributed by atoms with Gasteiger partial charge in [0.25, 0.3) is 5.91 Å². The third-order valence-corrected chi connectivity index (χ3v) is 5.37. The fourth-order valence-corrected chi connectivity index (χ4v) is 4.10. The van der Waals surface area contributed by atoms with Gasteiger partial charge in [0.1, 0.15) is 5.69 Å². The van der Waals surface area contributed by atoms with E-state index >= 15 is 0 Å². The van der Waals surface area contributed by atoms with E-state index in [-0.39, 0.29) is 17.9 Å². The predicted molar refractivity (Wildman–Crippen MR) is 90.9 cm³/mol. The van der Waals surface area contributed by atoms with Gasteiger partial charge >= 0.3 is 0 Å². The monoisotopic (exact) mass is 352 g/mol. The Labute approximate surface area is 145 Å². The van der Waals surface area contributed by atoms with Crippen molar-refractivity contribution in [1.29, 1.82) is 0 Å². The molecule has 8 heteroatoms. The van der Waals surface area contributed by atoms with Gasteiger partial charge in [-0.05, 0) is 19.3 Å². The summed E-state index contributed by atoms with van der Waals surface area (Å²) in [6.07, 6.45) is 2.39. The van der Waals surface area contributed by atoms with E-state index in [1.807, 2.05) is 0 Å². The molecule has 24 heavy (non-hydrogen) atoms. The molecule has 3 rings (SSSR count). The molecule has 2 saturated heterocycles. The first-order valence-corrected chi connectivity index (χ1v) is 9.29. The number of nitrogens with zero attached hydrogens (tertiary/aromatic N) is 3. The fraction of sp³-hybridized carbons (Fsp3) is 0.688. The Kier molecular flexibility index (Phi) is 5.17. The van der Waals surface area contributed by atoms with Crippen molar-refractivity contribution in [2.24, 2.45) is 0 Å². The Balaban J connectivity index is 1.49. The fourth-order valence-electron chi connectivity index (χ4n) is 3.58. The number of nitrogens with one attached hydrogen (secondary N) is 1. The molecule has 2 N–H and O–H groups in total. The van der Waals surface area contributed by atoms with Gasteiger partial charge in [-0.2, -0.15) is 0 Å². The molecular formula is C16H24N4O3S. The molecule has 3 heterocycles. The Morgan fingerprint density at radius 1 is 1.42 bits per heavy atom. The van der Waals surface area contributed by atoms with Crippen molar-refractivity contribution < 1.29 is 14.7 Å². The van der Waals surface area contributed by atoms with Crippen molar-refractivity contribution >= 4 is 23.2 Å². The van der Waals surface area contributed by atoms with E-state index in [2.05, 4.69) is 15.2 Å². The molecule has 2 amide bonds. The zero-order valence-electron chi connectivity index (χ0n) is 13.9. The minimum Gasteiger partial charge on any atom is -0.387 e. The molecule has 0 aliphatic carbocycles. The van der Waals surface area contributed by atoms with Crippen LogP contribution in [0.2, 0.25) is 0 Å². The molecule has 0 bridgehead atoms. The van der Waals surface area contributed by atoms with Gasteiger partial charge in [0, 0.05) is 44.5 Å². The highest BCUT2D eigenvalue weighted by molar-refractivity contribution is 7.07. The van der Waals surface area contributed by atoms with Gasteiger partial charge in [-0.15, -0.1) is 11.3 Å².